The molecule has 3 heterocycles. The van der Waals surface area contributed by atoms with Gasteiger partial charge in [-0.3, -0.25) is 24.3 Å². The summed E-state index contributed by atoms with van der Waals surface area (Å²) >= 11 is 0. The minimum atomic E-state index is -0.365. The first-order valence-corrected chi connectivity index (χ1v) is 8.83. The third-order valence-corrected chi connectivity index (χ3v) is 4.90. The smallest absolute Gasteiger partial charge is 0.254 e. The zero-order valence-corrected chi connectivity index (χ0v) is 14.7. The topological polar surface area (TPSA) is 142 Å². The molecule has 1 aromatic rings. The predicted octanol–water partition coefficient (Wildman–Crippen LogP) is -1.80. The molecule has 5 N–H and O–H groups in total. The zero-order chi connectivity index (χ0) is 18.7. The van der Waals surface area contributed by atoms with Crippen molar-refractivity contribution in [2.24, 2.45) is 11.7 Å². The number of nitrogens with one attached hydrogen (secondary N) is 1. The largest absolute Gasteiger partial charge is 0.369 e. The quantitative estimate of drug-likeness (QED) is 0.573. The number of carbonyl (C=O) groups excluding carboxylic acids is 2. The highest BCUT2D eigenvalue weighted by Crippen LogP contribution is 2.20. The monoisotopic (exact) mass is 363 g/mol. The van der Waals surface area contributed by atoms with E-state index in [4.69, 9.17) is 11.5 Å². The van der Waals surface area contributed by atoms with Crippen LogP contribution in [-0.4, -0.2) is 77.4 Å². The van der Waals surface area contributed by atoms with Crippen LogP contribution in [0.4, 0.5) is 11.8 Å². The van der Waals surface area contributed by atoms with Crippen molar-refractivity contribution in [1.29, 1.82) is 0 Å². The first-order valence-electron chi connectivity index (χ1n) is 8.83. The van der Waals surface area contributed by atoms with Gasteiger partial charge in [-0.25, -0.2) is 0 Å². The number of hydrogen-bond acceptors (Lipinski definition) is 7. The van der Waals surface area contributed by atoms with E-state index in [9.17, 15) is 14.4 Å². The molecule has 10 nitrogen and oxygen atoms in total. The Labute approximate surface area is 151 Å². The van der Waals surface area contributed by atoms with Crippen molar-refractivity contribution in [1.82, 2.24) is 19.8 Å². The molecule has 0 bridgehead atoms. The van der Waals surface area contributed by atoms with E-state index in [1.165, 1.54) is 6.07 Å². The Morgan fingerprint density at radius 3 is 2.62 bits per heavy atom. The van der Waals surface area contributed by atoms with Crippen molar-refractivity contribution in [3.8, 4) is 0 Å². The number of piperazine rings is 1. The molecule has 2 aliphatic rings. The van der Waals surface area contributed by atoms with Crippen molar-refractivity contribution in [2.45, 2.75) is 12.8 Å². The minimum absolute atomic E-state index is 0.0859. The number of carbonyl (C=O) groups is 2. The number of piperidine rings is 1. The Hall–Kier alpha value is -2.62. The summed E-state index contributed by atoms with van der Waals surface area (Å²) in [5, 5.41) is 0. The van der Waals surface area contributed by atoms with Crippen LogP contribution in [0.25, 0.3) is 0 Å². The van der Waals surface area contributed by atoms with Crippen LogP contribution in [0.3, 0.4) is 0 Å². The molecule has 2 amide bonds. The lowest BCUT2D eigenvalue weighted by Crippen LogP contribution is -2.53. The molecule has 0 radical (unpaired) electrons. The minimum Gasteiger partial charge on any atom is -0.369 e. The maximum atomic E-state index is 12.8. The first kappa shape index (κ1) is 18.2. The van der Waals surface area contributed by atoms with Crippen molar-refractivity contribution in [3.63, 3.8) is 0 Å². The van der Waals surface area contributed by atoms with E-state index >= 15 is 0 Å². The molecule has 1 aromatic heterocycles. The van der Waals surface area contributed by atoms with E-state index in [0.717, 1.165) is 19.4 Å². The van der Waals surface area contributed by atoms with Crippen LogP contribution in [0.2, 0.25) is 0 Å². The molecule has 0 saturated carbocycles. The van der Waals surface area contributed by atoms with Gasteiger partial charge in [0.2, 0.25) is 17.8 Å². The summed E-state index contributed by atoms with van der Waals surface area (Å²) in [4.78, 5) is 47.8. The summed E-state index contributed by atoms with van der Waals surface area (Å²) in [5.74, 6) is 0.280. The molecular formula is C16H25N7O3. The molecule has 1 atom stereocenters. The number of primary amides is 1. The van der Waals surface area contributed by atoms with Gasteiger partial charge in [0.25, 0.3) is 5.56 Å². The third kappa shape index (κ3) is 4.31. The van der Waals surface area contributed by atoms with E-state index in [1.54, 1.807) is 0 Å². The predicted molar refractivity (Wildman–Crippen MR) is 96.4 cm³/mol. The van der Waals surface area contributed by atoms with Crippen LogP contribution in [0, 0.1) is 5.92 Å². The van der Waals surface area contributed by atoms with E-state index in [-0.39, 0.29) is 35.8 Å². The molecule has 2 saturated heterocycles. The average molecular weight is 363 g/mol. The standard InChI is InChI=1S/C16H25N7O3/c17-12(24)10-21-3-1-2-11(9-21)15(26)23-6-4-22(5-7-23)13-8-14(25)20-16(18)19-13/h8,11H,1-7,9-10H2,(H2,17,24)(H3,18,19,20,25). The number of amides is 2. The fourth-order valence-electron chi connectivity index (χ4n) is 3.66. The lowest BCUT2D eigenvalue weighted by Gasteiger charge is -2.39. The normalized spacial score (nSPS) is 21.6. The summed E-state index contributed by atoms with van der Waals surface area (Å²) in [6.07, 6.45) is 1.72. The lowest BCUT2D eigenvalue weighted by molar-refractivity contribution is -0.138. The Bertz CT molecular complexity index is 727. The van der Waals surface area contributed by atoms with Gasteiger partial charge in [0.1, 0.15) is 5.82 Å². The summed E-state index contributed by atoms with van der Waals surface area (Å²) in [6.45, 7) is 3.91. The molecule has 142 valence electrons. The van der Waals surface area contributed by atoms with Crippen molar-refractivity contribution in [3.05, 3.63) is 16.4 Å². The van der Waals surface area contributed by atoms with Crippen LogP contribution in [0.1, 0.15) is 12.8 Å². The maximum Gasteiger partial charge on any atom is 0.254 e. The molecule has 10 heteroatoms. The fraction of sp³-hybridized carbons (Fsp3) is 0.625. The number of anilines is 2. The molecule has 3 rings (SSSR count). The van der Waals surface area contributed by atoms with Gasteiger partial charge in [0.05, 0.1) is 12.5 Å². The lowest BCUT2D eigenvalue weighted by atomic mass is 9.96. The number of rotatable bonds is 4. The third-order valence-electron chi connectivity index (χ3n) is 4.90. The van der Waals surface area contributed by atoms with Gasteiger partial charge in [0.15, 0.2) is 0 Å². The fourth-order valence-corrected chi connectivity index (χ4v) is 3.66. The highest BCUT2D eigenvalue weighted by atomic mass is 16.2. The molecule has 2 fully saturated rings. The van der Waals surface area contributed by atoms with Crippen LogP contribution in [-0.2, 0) is 9.59 Å². The summed E-state index contributed by atoms with van der Waals surface area (Å²) in [6, 6.07) is 1.41. The number of nitrogen functional groups attached to an aromatic ring is 1. The van der Waals surface area contributed by atoms with Crippen LogP contribution in [0.15, 0.2) is 10.9 Å². The average Bonchev–Trinajstić information content (AvgIpc) is 2.60. The van der Waals surface area contributed by atoms with Crippen molar-refractivity contribution in [2.75, 3.05) is 56.4 Å². The highest BCUT2D eigenvalue weighted by molar-refractivity contribution is 5.80. The Kier molecular flexibility index (Phi) is 5.40. The Balaban J connectivity index is 1.56. The Morgan fingerprint density at radius 1 is 1.23 bits per heavy atom. The van der Waals surface area contributed by atoms with E-state index < -0.39 is 0 Å². The molecular weight excluding hydrogens is 338 g/mol. The molecule has 2 aliphatic heterocycles. The highest BCUT2D eigenvalue weighted by Gasteiger charge is 2.31. The number of H-pyrrole nitrogens is 1. The van der Waals surface area contributed by atoms with E-state index in [1.807, 2.05) is 14.7 Å². The number of hydrogen-bond donors (Lipinski definition) is 3. The summed E-state index contributed by atoms with van der Waals surface area (Å²) in [5.41, 5.74) is 10.6. The molecule has 0 spiro atoms. The van der Waals surface area contributed by atoms with Crippen LogP contribution in [0.5, 0.6) is 0 Å². The SMILES string of the molecule is NC(=O)CN1CCCC(C(=O)N2CCN(c3cc(=O)[nH]c(N)n3)CC2)C1. The van der Waals surface area contributed by atoms with Gasteiger partial charge in [-0.1, -0.05) is 0 Å². The molecule has 0 aliphatic carbocycles. The van der Waals surface area contributed by atoms with E-state index in [0.29, 0.717) is 38.5 Å². The number of nitrogens with zero attached hydrogens (tertiary/aromatic N) is 4. The van der Waals surface area contributed by atoms with Crippen LogP contribution < -0.4 is 21.9 Å². The molecule has 1 unspecified atom stereocenters. The van der Waals surface area contributed by atoms with Gasteiger partial charge in [0, 0.05) is 38.8 Å². The summed E-state index contributed by atoms with van der Waals surface area (Å²) < 4.78 is 0. The number of aromatic nitrogens is 2. The van der Waals surface area contributed by atoms with Gasteiger partial charge in [-0.2, -0.15) is 4.98 Å². The van der Waals surface area contributed by atoms with Gasteiger partial charge in [-0.15, -0.1) is 0 Å². The van der Waals surface area contributed by atoms with Gasteiger partial charge >= 0.3 is 0 Å². The Morgan fingerprint density at radius 2 is 1.96 bits per heavy atom. The first-order chi connectivity index (χ1) is 12.4. The number of likely N-dealkylation sites (tertiary alicyclic amines) is 1. The van der Waals surface area contributed by atoms with Crippen LogP contribution >= 0.6 is 0 Å². The van der Waals surface area contributed by atoms with Gasteiger partial charge < -0.3 is 21.3 Å². The number of aromatic amines is 1. The summed E-state index contributed by atoms with van der Waals surface area (Å²) in [7, 11) is 0. The number of nitrogens with two attached hydrogens (primary N) is 2. The second kappa shape index (κ2) is 7.73. The van der Waals surface area contributed by atoms with E-state index in [2.05, 4.69) is 9.97 Å². The second-order valence-corrected chi connectivity index (χ2v) is 6.84. The maximum absolute atomic E-state index is 12.8. The second-order valence-electron chi connectivity index (χ2n) is 6.84. The zero-order valence-electron chi connectivity index (χ0n) is 14.7. The molecule has 0 aromatic carbocycles. The molecule has 26 heavy (non-hydrogen) atoms. The van der Waals surface area contributed by atoms with Crippen molar-refractivity contribution < 1.29 is 9.59 Å². The van der Waals surface area contributed by atoms with Crippen molar-refractivity contribution >= 4 is 23.6 Å². The van der Waals surface area contributed by atoms with Gasteiger partial charge in [-0.05, 0) is 19.4 Å².